The molecule has 0 bridgehead atoms. The molecule has 708 valence electrons. The maximum absolute atomic E-state index is 9.90. The monoisotopic (exact) mass is 2410 g/mol. The van der Waals surface area contributed by atoms with Gasteiger partial charge in [0.05, 0.1) is 89.9 Å². The van der Waals surface area contributed by atoms with Crippen LogP contribution in [0.1, 0.15) is 27.3 Å². The molecule has 27 heteroatoms. The van der Waals surface area contributed by atoms with Gasteiger partial charge in [-0.25, -0.2) is 35.2 Å². The van der Waals surface area contributed by atoms with Crippen molar-refractivity contribution >= 4 is 247 Å². The molecule has 0 spiro atoms. The molecule has 27 aromatic rings. The van der Waals surface area contributed by atoms with Gasteiger partial charge in [-0.2, -0.15) is 7.18 Å². The van der Waals surface area contributed by atoms with E-state index in [2.05, 4.69) is 338 Å². The van der Waals surface area contributed by atoms with Crippen molar-refractivity contribution in [3.8, 4) is 46.0 Å². The molecule has 4 N–H and O–H groups in total. The SMILES string of the molecule is Br.Brc1ccc2c3ccccc3n(-c3ccccn3)c2c1.Brc1ccccc1Br.C.C.CC(=O)O.COc1ccc2c3ccccc3n3c4ccccc4nc3c2c1.Cc1cccc(-c2nc3ccccc3[nH]2)c1.Oc1ccc2c3ccccc3n3c4ccccc4nc3c2c1.[2H]OOC=O.[CH2-]F.[Cs+].[Cs+].c1ccc(-n2c3ccccc3c3ccc(Oc4ccc5c6ccccc6n6c7ccccc7nc6c5c4)cc32)nc1. The molecule has 0 saturated carbocycles. The topological polar surface area (TPSA) is 239 Å². The van der Waals surface area contributed by atoms with Crippen LogP contribution in [0, 0.1) is 14.1 Å². The van der Waals surface area contributed by atoms with Crippen LogP contribution in [0.5, 0.6) is 23.0 Å². The average molecular weight is 2410 g/mol. The van der Waals surface area contributed by atoms with Gasteiger partial charge in [0.15, 0.2) is 0 Å². The molecule has 0 radical (unpaired) electrons. The Balaban J connectivity index is 0.000000141. The van der Waals surface area contributed by atoms with E-state index in [1.807, 2.05) is 164 Å². The summed E-state index contributed by atoms with van der Waals surface area (Å²) in [6, 6.07) is 134. The number of benzene rings is 16. The Bertz CT molecular complexity index is 9310. The molecule has 0 aliphatic carbocycles. The molecule has 0 unspecified atom stereocenters. The normalized spacial score (nSPS) is 10.7. The number of aromatic hydroxyl groups is 1. The number of aromatic amines is 1. The largest absolute Gasteiger partial charge is 1.00 e. The third-order valence-electron chi connectivity index (χ3n) is 23.7. The molecule has 0 aliphatic heterocycles. The number of ether oxygens (including phenoxy) is 2. The van der Waals surface area contributed by atoms with Gasteiger partial charge in [0.1, 0.15) is 57.4 Å². The van der Waals surface area contributed by atoms with Crippen LogP contribution in [0.3, 0.4) is 0 Å². The number of carbonyl (C=O) groups is 2. The quantitative estimate of drug-likeness (QED) is 0.0364. The van der Waals surface area contributed by atoms with Crippen LogP contribution in [0.4, 0.5) is 4.39 Å². The molecule has 145 heavy (non-hydrogen) atoms. The standard InChI is InChI=1S/C36H22N4O.C20H14N2O.C19H12N2O.C17H11BrN2.C14H12N2.C6H4Br2.C2H4O2.CH2F.CH2O3.2CH4.BrH.2Cs/c1-5-13-32-26(9-1)25-18-16-23(21-29(25)36-38-30-11-3-6-14-33(30)40(32)36)41-24-17-19-28-27-10-2-4-12-31(27)39(34(28)22-24)35-15-7-8-20-37-35;1-23-13-10-11-14-15-6-2-4-8-18(15)22-19-9-5-3-7-17(19)21-20(22)16(14)12-13;22-12-9-10-13-14-5-1-3-7-17(14)21-18-8-4-2-6-16(18)20-19(21)15(13)11-12;18-12-8-9-14-13-5-1-2-6-15(13)20(16(14)11-12)17-7-3-4-10-19-17;1-10-5-4-6-11(9-10)14-15-12-7-2-3-8-13(12)16-14;7-5-3-1-2-4-6(5)8;1-2(3)4;1-2;2-1-4-3;;;;;/h1-22H;2-12H,1H3;1-11,22H;1-11H;2-9H,1H3,(H,15,16);1-4H;1H3,(H,3,4);1H2;1,3H;2*1H4;1H;;/q;;;;;;;-1;;;;;2*+1/i/hD. The van der Waals surface area contributed by atoms with Gasteiger partial charge in [-0.1, -0.05) is 224 Å². The Kier molecular flexibility index (Phi) is 36.6. The van der Waals surface area contributed by atoms with Crippen molar-refractivity contribution in [3.05, 3.63) is 433 Å². The molecule has 27 rings (SSSR count). The number of nitrogens with one attached hydrogen (secondary N) is 1. The van der Waals surface area contributed by atoms with Gasteiger partial charge in [0.25, 0.3) is 7.40 Å². The number of H-pyrrole nitrogens is 1. The number of fused-ring (bicyclic) bond motifs is 31. The number of nitrogens with zero attached hydrogens (tertiary/aromatic N) is 11. The van der Waals surface area contributed by atoms with Crippen molar-refractivity contribution in [1.29, 1.82) is 1.43 Å². The third kappa shape index (κ3) is 22.7. The van der Waals surface area contributed by atoms with Crippen molar-refractivity contribution in [2.75, 3.05) is 7.11 Å². The number of phenols is 1. The van der Waals surface area contributed by atoms with Crippen molar-refractivity contribution < 1.29 is 182 Å². The number of imidazole rings is 4. The van der Waals surface area contributed by atoms with E-state index in [1.165, 1.54) is 54.4 Å². The Morgan fingerprint density at radius 1 is 0.386 bits per heavy atom. The number of aromatic nitrogens is 12. The van der Waals surface area contributed by atoms with Crippen LogP contribution in [0.2, 0.25) is 0 Å². The van der Waals surface area contributed by atoms with Gasteiger partial charge in [0, 0.05) is 98.2 Å². The first-order valence-corrected chi connectivity index (χ1v) is 46.7. The molecular formula is C118H92Br4Cs2FN12O8+. The van der Waals surface area contributed by atoms with Gasteiger partial charge < -0.3 is 33.9 Å². The van der Waals surface area contributed by atoms with Gasteiger partial charge in [-0.05, 0) is 255 Å². The molecule has 0 aliphatic rings. The van der Waals surface area contributed by atoms with Crippen LogP contribution < -0.4 is 147 Å². The van der Waals surface area contributed by atoms with Crippen LogP contribution in [-0.4, -0.2) is 92.2 Å². The van der Waals surface area contributed by atoms with E-state index < -0.39 is 5.97 Å². The summed E-state index contributed by atoms with van der Waals surface area (Å²) in [5.41, 5.74) is 21.5. The Labute approximate surface area is 988 Å². The van der Waals surface area contributed by atoms with Gasteiger partial charge >= 0.3 is 144 Å². The van der Waals surface area contributed by atoms with Gasteiger partial charge in [-0.15, -0.1) is 17.0 Å². The summed E-state index contributed by atoms with van der Waals surface area (Å²) in [5, 5.41) is 35.4. The summed E-state index contributed by atoms with van der Waals surface area (Å²) >= 11 is 10.3. The van der Waals surface area contributed by atoms with E-state index in [9.17, 15) is 9.50 Å². The van der Waals surface area contributed by atoms with Crippen molar-refractivity contribution in [2.45, 2.75) is 28.7 Å². The minimum Gasteiger partial charge on any atom is -0.508 e. The van der Waals surface area contributed by atoms with E-state index in [-0.39, 0.29) is 182 Å². The molecular weight excluding hydrogens is 2320 g/mol. The number of phenolic OH excluding ortho intramolecular Hbond substituents is 1. The first-order chi connectivity index (χ1) is 69.1. The van der Waals surface area contributed by atoms with Crippen LogP contribution in [0.25, 0.3) is 194 Å². The van der Waals surface area contributed by atoms with E-state index in [1.54, 1.807) is 26.4 Å². The summed E-state index contributed by atoms with van der Waals surface area (Å²) < 4.78 is 41.2. The molecule has 16 aromatic carbocycles. The number of halogens is 5. The van der Waals surface area contributed by atoms with Crippen molar-refractivity contribution in [1.82, 2.24) is 57.2 Å². The van der Waals surface area contributed by atoms with Crippen LogP contribution in [-0.2, 0) is 14.5 Å². The zero-order chi connectivity index (χ0) is 97.2. The Morgan fingerprint density at radius 2 is 0.745 bits per heavy atom. The predicted molar refractivity (Wildman–Crippen MR) is 598 cm³/mol. The van der Waals surface area contributed by atoms with Crippen molar-refractivity contribution in [3.63, 3.8) is 0 Å². The summed E-state index contributed by atoms with van der Waals surface area (Å²) in [6.45, 7) is 3.19. The van der Waals surface area contributed by atoms with Gasteiger partial charge in [-0.3, -0.25) is 31.9 Å². The number of rotatable bonds is 8. The first kappa shape index (κ1) is 107. The number of hydrogen-bond donors (Lipinski definition) is 4. The van der Waals surface area contributed by atoms with Gasteiger partial charge in [0.2, 0.25) is 0 Å². The fourth-order valence-electron chi connectivity index (χ4n) is 18.0. The number of pyridine rings is 5. The fourth-order valence-corrected chi connectivity index (χ4v) is 18.9. The maximum Gasteiger partial charge on any atom is 1.00 e. The summed E-state index contributed by atoms with van der Waals surface area (Å²) in [6.07, 6.45) is 3.66. The first-order valence-electron chi connectivity index (χ1n) is 44.8. The minimum atomic E-state index is -0.833. The van der Waals surface area contributed by atoms with Crippen molar-refractivity contribution in [2.24, 2.45) is 0 Å². The fraction of sp³-hybridized carbons (Fsp3) is 0.0424. The average Bonchev–Trinajstić information content (AvgIpc) is 1.49. The smallest absolute Gasteiger partial charge is 0.508 e. The number of carboxylic acid groups (broad SMARTS) is 1. The van der Waals surface area contributed by atoms with E-state index in [0.717, 1.165) is 181 Å². The number of carboxylic acids is 1. The summed E-state index contributed by atoms with van der Waals surface area (Å²) in [4.78, 5) is 53.0. The minimum absolute atomic E-state index is 0. The predicted octanol–water partition coefficient (Wildman–Crippen LogP) is 26.4. The number of carbonyl (C=O) groups excluding carboxylic acids is 1. The molecule has 11 aromatic heterocycles. The number of aryl methyl sites for hydroxylation is 1. The molecule has 0 atom stereocenters. The maximum atomic E-state index is 9.90. The second-order valence-electron chi connectivity index (χ2n) is 32.3. The van der Waals surface area contributed by atoms with Crippen LogP contribution >= 0.6 is 64.8 Å². The number of methoxy groups -OCH3 is 1. The number of hydrogen-bond acceptors (Lipinski definition) is 13. The third-order valence-corrected chi connectivity index (χ3v) is 26.2. The summed E-state index contributed by atoms with van der Waals surface area (Å²) in [5.74, 6) is 4.56. The molecule has 11 heterocycles. The van der Waals surface area contributed by atoms with E-state index in [4.69, 9.17) is 40.6 Å². The Morgan fingerprint density at radius 3 is 1.17 bits per heavy atom. The second-order valence-corrected chi connectivity index (χ2v) is 34.9. The summed E-state index contributed by atoms with van der Waals surface area (Å²) in [7, 11) is 3.45. The number of para-hydroxylation sites is 13. The number of aliphatic carboxylic acids is 1. The molecule has 0 saturated heterocycles. The second kappa shape index (κ2) is 49.6. The zero-order valence-electron chi connectivity index (χ0n) is 78.7. The molecule has 20 nitrogen and oxygen atoms in total. The zero-order valence-corrected chi connectivity index (χ0v) is 96.7. The van der Waals surface area contributed by atoms with Crippen LogP contribution in [0.15, 0.2) is 420 Å². The van der Waals surface area contributed by atoms with E-state index >= 15 is 0 Å². The molecule has 0 fully saturated rings. The Hall–Kier alpha value is -12.4. The van der Waals surface area contributed by atoms with E-state index in [0.29, 0.717) is 0 Å². The molecule has 0 amide bonds.